The molecule has 6 heteroatoms. The minimum absolute atomic E-state index is 0.176. The van der Waals surface area contributed by atoms with Crippen LogP contribution in [0.3, 0.4) is 0 Å². The van der Waals surface area contributed by atoms with Gasteiger partial charge in [0.1, 0.15) is 7.11 Å². The standard InChI is InChI=1S/C11H12N2O3S/c1-7-10(9(12-16-3)11(14)15-2)13-6-4-5-8(13)17-7/h4-6H,1-3H3. The first-order chi connectivity index (χ1) is 8.19. The van der Waals surface area contributed by atoms with Crippen molar-refractivity contribution in [1.82, 2.24) is 4.40 Å². The van der Waals surface area contributed by atoms with Crippen LogP contribution < -0.4 is 0 Å². The van der Waals surface area contributed by atoms with E-state index in [0.717, 1.165) is 9.71 Å². The summed E-state index contributed by atoms with van der Waals surface area (Å²) >= 11 is 1.59. The lowest BCUT2D eigenvalue weighted by molar-refractivity contribution is -0.132. The third kappa shape index (κ3) is 1.91. The summed E-state index contributed by atoms with van der Waals surface area (Å²) in [5.41, 5.74) is 0.888. The summed E-state index contributed by atoms with van der Waals surface area (Å²) in [4.78, 5) is 18.4. The summed E-state index contributed by atoms with van der Waals surface area (Å²) in [5, 5.41) is 3.76. The highest BCUT2D eigenvalue weighted by Gasteiger charge is 2.22. The maximum absolute atomic E-state index is 11.7. The van der Waals surface area contributed by atoms with Gasteiger partial charge >= 0.3 is 5.97 Å². The molecule has 0 atom stereocenters. The number of nitrogens with zero attached hydrogens (tertiary/aromatic N) is 2. The van der Waals surface area contributed by atoms with Gasteiger partial charge in [0.25, 0.3) is 0 Å². The molecule has 0 aliphatic carbocycles. The summed E-state index contributed by atoms with van der Waals surface area (Å²) in [5.74, 6) is -0.511. The van der Waals surface area contributed by atoms with Crippen molar-refractivity contribution in [1.29, 1.82) is 0 Å². The molecule has 90 valence electrons. The van der Waals surface area contributed by atoms with E-state index in [1.165, 1.54) is 14.2 Å². The average Bonchev–Trinajstić information content (AvgIpc) is 2.85. The van der Waals surface area contributed by atoms with Crippen molar-refractivity contribution in [3.63, 3.8) is 0 Å². The van der Waals surface area contributed by atoms with Gasteiger partial charge in [-0.15, -0.1) is 11.3 Å². The van der Waals surface area contributed by atoms with Crippen molar-refractivity contribution >= 4 is 27.8 Å². The molecule has 2 aromatic heterocycles. The van der Waals surface area contributed by atoms with Crippen molar-refractivity contribution in [2.45, 2.75) is 6.92 Å². The SMILES string of the molecule is CON=C(C(=O)OC)c1c(C)sc2cccn12. The van der Waals surface area contributed by atoms with E-state index < -0.39 is 5.97 Å². The molecule has 0 fully saturated rings. The smallest absolute Gasteiger partial charge is 0.362 e. The first kappa shape index (κ1) is 11.7. The molecule has 0 aromatic carbocycles. The summed E-state index contributed by atoms with van der Waals surface area (Å²) < 4.78 is 6.61. The first-order valence-corrected chi connectivity index (χ1v) is 5.77. The van der Waals surface area contributed by atoms with Crippen LogP contribution in [-0.4, -0.2) is 30.3 Å². The number of aryl methyl sites for hydroxylation is 1. The van der Waals surface area contributed by atoms with E-state index in [4.69, 9.17) is 9.57 Å². The Balaban J connectivity index is 2.63. The molecule has 5 nitrogen and oxygen atoms in total. The van der Waals surface area contributed by atoms with Gasteiger partial charge in [-0.2, -0.15) is 0 Å². The number of rotatable bonds is 3. The highest BCUT2D eigenvalue weighted by Crippen LogP contribution is 2.24. The molecule has 17 heavy (non-hydrogen) atoms. The fourth-order valence-electron chi connectivity index (χ4n) is 1.65. The molecule has 0 saturated carbocycles. The van der Waals surface area contributed by atoms with Gasteiger partial charge in [-0.25, -0.2) is 4.79 Å². The van der Waals surface area contributed by atoms with E-state index in [1.807, 2.05) is 29.7 Å². The Bertz CT molecular complexity index is 583. The fraction of sp³-hybridized carbons (Fsp3) is 0.273. The molecule has 0 radical (unpaired) electrons. The quantitative estimate of drug-likeness (QED) is 0.476. The third-order valence-corrected chi connectivity index (χ3v) is 3.37. The Morgan fingerprint density at radius 2 is 2.24 bits per heavy atom. The number of thiazole rings is 1. The molecular weight excluding hydrogens is 240 g/mol. The number of hydrogen-bond acceptors (Lipinski definition) is 5. The lowest BCUT2D eigenvalue weighted by Gasteiger charge is -2.04. The second-order valence-corrected chi connectivity index (χ2v) is 4.57. The van der Waals surface area contributed by atoms with E-state index in [9.17, 15) is 4.79 Å². The van der Waals surface area contributed by atoms with Crippen LogP contribution in [0.4, 0.5) is 0 Å². The molecular formula is C11H12N2O3S. The minimum Gasteiger partial charge on any atom is -0.464 e. The summed E-state index contributed by atoms with van der Waals surface area (Å²) in [6.07, 6.45) is 1.88. The number of hydrogen-bond donors (Lipinski definition) is 0. The number of carbonyl (C=O) groups excluding carboxylic acids is 1. The maximum atomic E-state index is 11.7. The third-order valence-electron chi connectivity index (χ3n) is 2.33. The number of fused-ring (bicyclic) bond motifs is 1. The van der Waals surface area contributed by atoms with Crippen LogP contribution in [0.1, 0.15) is 10.6 Å². The zero-order chi connectivity index (χ0) is 12.4. The van der Waals surface area contributed by atoms with Gasteiger partial charge in [-0.1, -0.05) is 5.16 Å². The largest absolute Gasteiger partial charge is 0.464 e. The van der Waals surface area contributed by atoms with Crippen molar-refractivity contribution in [2.75, 3.05) is 14.2 Å². The van der Waals surface area contributed by atoms with E-state index in [2.05, 4.69) is 5.16 Å². The van der Waals surface area contributed by atoms with Gasteiger partial charge < -0.3 is 14.0 Å². The zero-order valence-electron chi connectivity index (χ0n) is 9.76. The highest BCUT2D eigenvalue weighted by atomic mass is 32.1. The van der Waals surface area contributed by atoms with E-state index in [-0.39, 0.29) is 5.71 Å². The Morgan fingerprint density at radius 1 is 1.47 bits per heavy atom. The van der Waals surface area contributed by atoms with Crippen LogP contribution in [-0.2, 0) is 14.4 Å². The predicted molar refractivity (Wildman–Crippen MR) is 65.6 cm³/mol. The Morgan fingerprint density at radius 3 is 2.88 bits per heavy atom. The molecule has 0 aliphatic rings. The van der Waals surface area contributed by atoms with Crippen LogP contribution in [0.5, 0.6) is 0 Å². The zero-order valence-corrected chi connectivity index (χ0v) is 10.6. The molecule has 0 spiro atoms. The summed E-state index contributed by atoms with van der Waals surface area (Å²) in [6, 6.07) is 3.89. The van der Waals surface area contributed by atoms with Crippen LogP contribution in [0, 0.1) is 6.92 Å². The van der Waals surface area contributed by atoms with Gasteiger partial charge in [0.05, 0.1) is 17.6 Å². The van der Waals surface area contributed by atoms with Crippen molar-refractivity contribution < 1.29 is 14.4 Å². The van der Waals surface area contributed by atoms with Crippen molar-refractivity contribution in [2.24, 2.45) is 5.16 Å². The van der Waals surface area contributed by atoms with Gasteiger partial charge in [0.15, 0.2) is 0 Å². The van der Waals surface area contributed by atoms with E-state index in [1.54, 1.807) is 11.3 Å². The number of ether oxygens (including phenoxy) is 1. The number of oxime groups is 1. The number of aromatic nitrogens is 1. The van der Waals surface area contributed by atoms with E-state index in [0.29, 0.717) is 5.69 Å². The molecule has 0 N–H and O–H groups in total. The second-order valence-electron chi connectivity index (χ2n) is 3.34. The topological polar surface area (TPSA) is 52.3 Å². The normalized spacial score (nSPS) is 11.8. The molecule has 2 aromatic rings. The molecule has 0 bridgehead atoms. The second kappa shape index (κ2) is 4.58. The molecule has 0 saturated heterocycles. The lowest BCUT2D eigenvalue weighted by atomic mass is 10.2. The number of methoxy groups -OCH3 is 1. The Kier molecular flexibility index (Phi) is 3.14. The van der Waals surface area contributed by atoms with Gasteiger partial charge in [-0.05, 0) is 19.1 Å². The fourth-order valence-corrected chi connectivity index (χ4v) is 2.66. The van der Waals surface area contributed by atoms with Crippen LogP contribution >= 0.6 is 11.3 Å². The van der Waals surface area contributed by atoms with Crippen molar-refractivity contribution in [3.8, 4) is 0 Å². The summed E-state index contributed by atoms with van der Waals surface area (Å²) in [6.45, 7) is 1.93. The molecule has 0 amide bonds. The number of esters is 1. The molecule has 0 aliphatic heterocycles. The predicted octanol–water partition coefficient (Wildman–Crippen LogP) is 1.83. The van der Waals surface area contributed by atoms with Crippen LogP contribution in [0.15, 0.2) is 23.5 Å². The molecule has 2 heterocycles. The Labute approximate surface area is 102 Å². The molecule has 2 rings (SSSR count). The van der Waals surface area contributed by atoms with Gasteiger partial charge in [0.2, 0.25) is 5.71 Å². The maximum Gasteiger partial charge on any atom is 0.362 e. The Hall–Kier alpha value is -1.82. The lowest BCUT2D eigenvalue weighted by Crippen LogP contribution is -2.20. The van der Waals surface area contributed by atoms with Crippen molar-refractivity contribution in [3.05, 3.63) is 28.9 Å². The number of carbonyl (C=O) groups is 1. The summed E-state index contributed by atoms with van der Waals surface area (Å²) in [7, 11) is 2.72. The van der Waals surface area contributed by atoms with Gasteiger partial charge in [-0.3, -0.25) is 0 Å². The van der Waals surface area contributed by atoms with E-state index >= 15 is 0 Å². The average molecular weight is 252 g/mol. The first-order valence-electron chi connectivity index (χ1n) is 4.95. The van der Waals surface area contributed by atoms with Crippen LogP contribution in [0.2, 0.25) is 0 Å². The van der Waals surface area contributed by atoms with Gasteiger partial charge in [0, 0.05) is 11.1 Å². The van der Waals surface area contributed by atoms with Crippen LogP contribution in [0.25, 0.3) is 4.83 Å². The monoisotopic (exact) mass is 252 g/mol. The minimum atomic E-state index is -0.511. The highest BCUT2D eigenvalue weighted by molar-refractivity contribution is 7.17. The molecule has 0 unspecified atom stereocenters.